The van der Waals surface area contributed by atoms with E-state index in [0.717, 1.165) is 11.7 Å². The van der Waals surface area contributed by atoms with Crippen molar-refractivity contribution in [3.8, 4) is 0 Å². The molecule has 1 fully saturated rings. The monoisotopic (exact) mass is 436 g/mol. The first-order chi connectivity index (χ1) is 15.8. The van der Waals surface area contributed by atoms with Gasteiger partial charge in [0.1, 0.15) is 0 Å². The molecule has 0 amide bonds. The molecule has 3 rings (SSSR count). The van der Waals surface area contributed by atoms with Crippen LogP contribution >= 0.6 is 0 Å². The second-order valence-electron chi connectivity index (χ2n) is 9.80. The van der Waals surface area contributed by atoms with Gasteiger partial charge in [-0.25, -0.2) is 0 Å². The number of rotatable bonds is 14. The van der Waals surface area contributed by atoms with Crippen molar-refractivity contribution < 1.29 is 4.52 Å². The summed E-state index contributed by atoms with van der Waals surface area (Å²) in [6.45, 7) is 4.55. The van der Waals surface area contributed by atoms with Gasteiger partial charge in [0.05, 0.1) is 0 Å². The smallest absolute Gasteiger partial charge is 0.250 e. The molecule has 1 aliphatic rings. The average Bonchev–Trinajstić information content (AvgIpc) is 3.31. The van der Waals surface area contributed by atoms with Crippen molar-refractivity contribution in [1.82, 2.24) is 10.1 Å². The Kier molecular flexibility index (Phi) is 11.0. The molecular formula is C29H44N2O. The van der Waals surface area contributed by atoms with Crippen LogP contribution in [0.5, 0.6) is 0 Å². The number of hydrogen-bond donors (Lipinski definition) is 0. The fraction of sp³-hybridized carbons (Fsp3) is 0.655. The number of unbranched alkanes of at least 4 members (excludes halogenated alkanes) is 7. The minimum atomic E-state index is 0.476. The predicted octanol–water partition coefficient (Wildman–Crippen LogP) is 9.00. The SMILES string of the molecule is CCCCCCCc1ccc(/C=C/c2nc(C3CCC(CCCCCC)CC3)no2)cc1. The molecule has 0 saturated heterocycles. The van der Waals surface area contributed by atoms with E-state index in [1.54, 1.807) is 0 Å². The van der Waals surface area contributed by atoms with Gasteiger partial charge in [0.2, 0.25) is 0 Å². The molecule has 1 aromatic heterocycles. The summed E-state index contributed by atoms with van der Waals surface area (Å²) < 4.78 is 5.52. The molecule has 3 heteroatoms. The maximum absolute atomic E-state index is 5.52. The van der Waals surface area contributed by atoms with Crippen LogP contribution in [0.25, 0.3) is 12.2 Å². The molecule has 0 bridgehead atoms. The Morgan fingerprint density at radius 3 is 2.22 bits per heavy atom. The van der Waals surface area contributed by atoms with Gasteiger partial charge in [-0.1, -0.05) is 101 Å². The standard InChI is InChI=1S/C29H44N2O/c1-3-5-7-9-11-13-24-14-16-26(17-15-24)20-23-28-30-29(31-32-28)27-21-18-25(19-22-27)12-10-8-6-4-2/h14-17,20,23,25,27H,3-13,18-19,21-22H2,1-2H3/b23-20+. The molecule has 32 heavy (non-hydrogen) atoms. The topological polar surface area (TPSA) is 38.9 Å². The summed E-state index contributed by atoms with van der Waals surface area (Å²) in [5.74, 6) is 2.92. The van der Waals surface area contributed by atoms with Gasteiger partial charge < -0.3 is 4.52 Å². The number of aromatic nitrogens is 2. The van der Waals surface area contributed by atoms with Crippen molar-refractivity contribution >= 4 is 12.2 Å². The predicted molar refractivity (Wildman–Crippen MR) is 136 cm³/mol. The molecule has 1 saturated carbocycles. The summed E-state index contributed by atoms with van der Waals surface area (Å²) in [6, 6.07) is 8.88. The van der Waals surface area contributed by atoms with E-state index in [4.69, 9.17) is 4.52 Å². The van der Waals surface area contributed by atoms with Crippen molar-refractivity contribution in [2.75, 3.05) is 0 Å². The summed E-state index contributed by atoms with van der Waals surface area (Å²) >= 11 is 0. The quantitative estimate of drug-likeness (QED) is 0.277. The van der Waals surface area contributed by atoms with E-state index in [9.17, 15) is 0 Å². The largest absolute Gasteiger partial charge is 0.335 e. The Labute approximate surface area is 196 Å². The molecule has 0 spiro atoms. The summed E-state index contributed by atoms with van der Waals surface area (Å²) in [5.41, 5.74) is 2.61. The van der Waals surface area contributed by atoms with Crippen LogP contribution in [-0.2, 0) is 6.42 Å². The molecule has 2 aromatic rings. The zero-order valence-corrected chi connectivity index (χ0v) is 20.5. The Balaban J connectivity index is 1.40. The Bertz CT molecular complexity index is 769. The van der Waals surface area contributed by atoms with Gasteiger partial charge in [0, 0.05) is 12.0 Å². The third kappa shape index (κ3) is 8.56. The van der Waals surface area contributed by atoms with Crippen LogP contribution in [0.4, 0.5) is 0 Å². The molecule has 0 aliphatic heterocycles. The zero-order chi connectivity index (χ0) is 22.4. The lowest BCUT2D eigenvalue weighted by atomic mass is 9.79. The van der Waals surface area contributed by atoms with Gasteiger partial charge in [-0.05, 0) is 61.6 Å². The Morgan fingerprint density at radius 2 is 1.50 bits per heavy atom. The van der Waals surface area contributed by atoms with E-state index in [1.807, 2.05) is 6.08 Å². The van der Waals surface area contributed by atoms with Crippen LogP contribution in [0, 0.1) is 5.92 Å². The van der Waals surface area contributed by atoms with Gasteiger partial charge >= 0.3 is 0 Å². The van der Waals surface area contributed by atoms with Crippen LogP contribution in [0.15, 0.2) is 28.8 Å². The van der Waals surface area contributed by atoms with Crippen molar-refractivity contribution in [1.29, 1.82) is 0 Å². The highest BCUT2D eigenvalue weighted by Gasteiger charge is 2.25. The number of hydrogen-bond acceptors (Lipinski definition) is 3. The van der Waals surface area contributed by atoms with E-state index in [1.165, 1.54) is 107 Å². The number of benzene rings is 1. The summed E-state index contributed by atoms with van der Waals surface area (Å²) in [7, 11) is 0. The van der Waals surface area contributed by atoms with Crippen molar-refractivity contribution in [2.24, 2.45) is 5.92 Å². The van der Waals surface area contributed by atoms with Crippen molar-refractivity contribution in [3.05, 3.63) is 47.1 Å². The third-order valence-corrected chi connectivity index (χ3v) is 7.10. The highest BCUT2D eigenvalue weighted by atomic mass is 16.5. The number of aryl methyl sites for hydroxylation is 1. The van der Waals surface area contributed by atoms with E-state index >= 15 is 0 Å². The number of nitrogens with zero attached hydrogens (tertiary/aromatic N) is 2. The van der Waals surface area contributed by atoms with Gasteiger partial charge in [-0.15, -0.1) is 0 Å². The zero-order valence-electron chi connectivity index (χ0n) is 20.5. The average molecular weight is 437 g/mol. The fourth-order valence-electron chi connectivity index (χ4n) is 4.95. The molecule has 0 radical (unpaired) electrons. The lowest BCUT2D eigenvalue weighted by Crippen LogP contribution is -2.14. The minimum Gasteiger partial charge on any atom is -0.335 e. The van der Waals surface area contributed by atoms with Gasteiger partial charge in [-0.3, -0.25) is 0 Å². The molecular weight excluding hydrogens is 392 g/mol. The van der Waals surface area contributed by atoms with E-state index in [0.29, 0.717) is 11.8 Å². The van der Waals surface area contributed by atoms with Crippen molar-refractivity contribution in [2.45, 2.75) is 116 Å². The van der Waals surface area contributed by atoms with Crippen molar-refractivity contribution in [3.63, 3.8) is 0 Å². The normalized spacial score (nSPS) is 19.1. The highest BCUT2D eigenvalue weighted by Crippen LogP contribution is 2.36. The summed E-state index contributed by atoms with van der Waals surface area (Å²) in [4.78, 5) is 4.68. The van der Waals surface area contributed by atoms with Crippen LogP contribution in [0.1, 0.15) is 132 Å². The lowest BCUT2D eigenvalue weighted by Gasteiger charge is -2.26. The molecule has 0 atom stereocenters. The second kappa shape index (κ2) is 14.3. The molecule has 0 N–H and O–H groups in total. The van der Waals surface area contributed by atoms with Gasteiger partial charge in [0.15, 0.2) is 5.82 Å². The van der Waals surface area contributed by atoms with Gasteiger partial charge in [-0.2, -0.15) is 4.98 Å². The first-order valence-corrected chi connectivity index (χ1v) is 13.4. The molecule has 0 unspecified atom stereocenters. The van der Waals surface area contributed by atoms with E-state index in [-0.39, 0.29) is 0 Å². The van der Waals surface area contributed by atoms with Crippen LogP contribution in [-0.4, -0.2) is 10.1 Å². The molecule has 176 valence electrons. The van der Waals surface area contributed by atoms with E-state index in [2.05, 4.69) is 54.3 Å². The first kappa shape index (κ1) is 24.7. The fourth-order valence-corrected chi connectivity index (χ4v) is 4.95. The van der Waals surface area contributed by atoms with E-state index < -0.39 is 0 Å². The summed E-state index contributed by atoms with van der Waals surface area (Å²) in [6.07, 6.45) is 23.9. The third-order valence-electron chi connectivity index (χ3n) is 7.10. The van der Waals surface area contributed by atoms with Crippen LogP contribution in [0.3, 0.4) is 0 Å². The van der Waals surface area contributed by atoms with Crippen LogP contribution in [0.2, 0.25) is 0 Å². The molecule has 3 nitrogen and oxygen atoms in total. The summed E-state index contributed by atoms with van der Waals surface area (Å²) in [5, 5.41) is 4.30. The van der Waals surface area contributed by atoms with Gasteiger partial charge in [0.25, 0.3) is 5.89 Å². The highest BCUT2D eigenvalue weighted by molar-refractivity contribution is 5.66. The molecule has 1 aliphatic carbocycles. The van der Waals surface area contributed by atoms with Crippen LogP contribution < -0.4 is 0 Å². The lowest BCUT2D eigenvalue weighted by molar-refractivity contribution is 0.291. The Morgan fingerprint density at radius 1 is 0.812 bits per heavy atom. The maximum atomic E-state index is 5.52. The first-order valence-electron chi connectivity index (χ1n) is 13.4. The molecule has 1 heterocycles. The molecule has 1 aromatic carbocycles. The second-order valence-corrected chi connectivity index (χ2v) is 9.80. The Hall–Kier alpha value is -1.90. The maximum Gasteiger partial charge on any atom is 0.250 e. The minimum absolute atomic E-state index is 0.476.